The Morgan fingerprint density at radius 3 is 2.65 bits per heavy atom. The number of aromatic nitrogens is 2. The minimum absolute atomic E-state index is 0.285. The van der Waals surface area contributed by atoms with E-state index in [1.807, 2.05) is 0 Å². The predicted molar refractivity (Wildman–Crippen MR) is 72.8 cm³/mol. The zero-order chi connectivity index (χ0) is 15.3. The minimum atomic E-state index is -0.878. The number of hydrogen-bond acceptors (Lipinski definition) is 6. The van der Waals surface area contributed by atoms with E-state index in [4.69, 9.17) is 9.84 Å². The molecule has 0 amide bonds. The lowest BCUT2D eigenvalue weighted by atomic mass is 10.2. The van der Waals surface area contributed by atoms with Gasteiger partial charge >= 0.3 is 11.9 Å². The minimum Gasteiger partial charge on any atom is -0.481 e. The number of ether oxygens (including phenoxy) is 1. The van der Waals surface area contributed by atoms with Crippen molar-refractivity contribution in [2.24, 2.45) is 5.92 Å². The summed E-state index contributed by atoms with van der Waals surface area (Å²) in [6.07, 6.45) is 1.40. The molecule has 7 nitrogen and oxygen atoms in total. The second-order valence-corrected chi connectivity index (χ2v) is 4.51. The van der Waals surface area contributed by atoms with Crippen molar-refractivity contribution >= 4 is 17.9 Å². The molecule has 0 aliphatic rings. The first-order valence-electron chi connectivity index (χ1n) is 6.31. The highest BCUT2D eigenvalue weighted by molar-refractivity contribution is 5.90. The van der Waals surface area contributed by atoms with E-state index in [9.17, 15) is 9.59 Å². The van der Waals surface area contributed by atoms with Crippen LogP contribution in [0.25, 0.3) is 0 Å². The molecule has 0 aromatic carbocycles. The average molecular weight is 281 g/mol. The lowest BCUT2D eigenvalue weighted by Gasteiger charge is -2.19. The van der Waals surface area contributed by atoms with E-state index in [0.717, 1.165) is 0 Å². The van der Waals surface area contributed by atoms with Crippen LogP contribution in [0.1, 0.15) is 29.9 Å². The standard InChI is InChI=1S/C13H19N3O4/c1-5-20-12(19)10-6-14-13(15-9(10)3)16(4)7-8(2)11(17)18/h6,8H,5,7H2,1-4H3,(H,17,18). The van der Waals surface area contributed by atoms with E-state index < -0.39 is 17.9 Å². The summed E-state index contributed by atoms with van der Waals surface area (Å²) in [4.78, 5) is 32.4. The van der Waals surface area contributed by atoms with Crippen LogP contribution in [0, 0.1) is 12.8 Å². The monoisotopic (exact) mass is 281 g/mol. The molecule has 1 heterocycles. The quantitative estimate of drug-likeness (QED) is 0.781. The Hall–Kier alpha value is -2.18. The van der Waals surface area contributed by atoms with Gasteiger partial charge in [-0.3, -0.25) is 4.79 Å². The SMILES string of the molecule is CCOC(=O)c1cnc(N(C)CC(C)C(=O)O)nc1C. The molecule has 20 heavy (non-hydrogen) atoms. The number of carboxylic acid groups (broad SMARTS) is 1. The fourth-order valence-electron chi connectivity index (χ4n) is 1.62. The molecule has 1 N–H and O–H groups in total. The average Bonchev–Trinajstić information content (AvgIpc) is 2.38. The molecule has 1 aromatic rings. The predicted octanol–water partition coefficient (Wildman–Crippen LogP) is 1.12. The Balaban J connectivity index is 2.86. The smallest absolute Gasteiger partial charge is 0.341 e. The van der Waals surface area contributed by atoms with Gasteiger partial charge in [-0.2, -0.15) is 0 Å². The molecule has 1 rings (SSSR count). The number of hydrogen-bond donors (Lipinski definition) is 1. The summed E-state index contributed by atoms with van der Waals surface area (Å²) in [5.74, 6) is -1.49. The van der Waals surface area contributed by atoms with Gasteiger partial charge in [0.25, 0.3) is 0 Å². The van der Waals surface area contributed by atoms with Gasteiger partial charge < -0.3 is 14.7 Å². The normalized spacial score (nSPS) is 11.8. The summed E-state index contributed by atoms with van der Waals surface area (Å²) in [6, 6.07) is 0. The van der Waals surface area contributed by atoms with Crippen molar-refractivity contribution in [2.45, 2.75) is 20.8 Å². The molecule has 0 aliphatic heterocycles. The third kappa shape index (κ3) is 3.91. The molecule has 7 heteroatoms. The molecule has 1 aromatic heterocycles. The molecule has 110 valence electrons. The van der Waals surface area contributed by atoms with Crippen molar-refractivity contribution in [2.75, 3.05) is 25.1 Å². The molecule has 1 atom stereocenters. The van der Waals surface area contributed by atoms with Crippen molar-refractivity contribution in [1.29, 1.82) is 0 Å². The third-order valence-electron chi connectivity index (χ3n) is 2.77. The largest absolute Gasteiger partial charge is 0.481 e. The van der Waals surface area contributed by atoms with Crippen LogP contribution in [0.5, 0.6) is 0 Å². The maximum Gasteiger partial charge on any atom is 0.341 e. The summed E-state index contributed by atoms with van der Waals surface area (Å²) in [7, 11) is 1.71. The highest BCUT2D eigenvalue weighted by Crippen LogP contribution is 2.12. The van der Waals surface area contributed by atoms with Gasteiger partial charge in [0, 0.05) is 19.8 Å². The zero-order valence-corrected chi connectivity index (χ0v) is 12.1. The van der Waals surface area contributed by atoms with E-state index in [1.54, 1.807) is 32.7 Å². The highest BCUT2D eigenvalue weighted by atomic mass is 16.5. The number of carbonyl (C=O) groups excluding carboxylic acids is 1. The van der Waals surface area contributed by atoms with Crippen molar-refractivity contribution in [3.63, 3.8) is 0 Å². The van der Waals surface area contributed by atoms with Crippen molar-refractivity contribution < 1.29 is 19.4 Å². The Kier molecular flexibility index (Phi) is 5.42. The van der Waals surface area contributed by atoms with Crippen LogP contribution in [0.3, 0.4) is 0 Å². The summed E-state index contributed by atoms with van der Waals surface area (Å²) in [6.45, 7) is 5.59. The van der Waals surface area contributed by atoms with Crippen molar-refractivity contribution in [3.8, 4) is 0 Å². The maximum atomic E-state index is 11.6. The van der Waals surface area contributed by atoms with E-state index in [2.05, 4.69) is 9.97 Å². The van der Waals surface area contributed by atoms with Gasteiger partial charge in [-0.05, 0) is 13.8 Å². The maximum absolute atomic E-state index is 11.6. The van der Waals surface area contributed by atoms with Crippen LogP contribution < -0.4 is 4.90 Å². The van der Waals surface area contributed by atoms with Crippen LogP contribution in [-0.4, -0.2) is 47.2 Å². The fraction of sp³-hybridized carbons (Fsp3) is 0.538. The number of aliphatic carboxylic acids is 1. The number of anilines is 1. The first-order chi connectivity index (χ1) is 9.36. The molecular formula is C13H19N3O4. The molecule has 0 saturated heterocycles. The van der Waals surface area contributed by atoms with Gasteiger partial charge in [-0.15, -0.1) is 0 Å². The summed E-state index contributed by atoms with van der Waals surface area (Å²) in [5.41, 5.74) is 0.818. The second-order valence-electron chi connectivity index (χ2n) is 4.51. The Morgan fingerprint density at radius 2 is 2.15 bits per heavy atom. The van der Waals surface area contributed by atoms with Gasteiger partial charge in [0.2, 0.25) is 5.95 Å². The molecule has 0 saturated carbocycles. The van der Waals surface area contributed by atoms with Gasteiger partial charge in [-0.25, -0.2) is 14.8 Å². The molecule has 1 unspecified atom stereocenters. The van der Waals surface area contributed by atoms with Crippen LogP contribution >= 0.6 is 0 Å². The van der Waals surface area contributed by atoms with Gasteiger partial charge in [0.15, 0.2) is 0 Å². The summed E-state index contributed by atoms with van der Waals surface area (Å²) in [5, 5.41) is 8.88. The van der Waals surface area contributed by atoms with E-state index in [1.165, 1.54) is 6.20 Å². The van der Waals surface area contributed by atoms with Crippen LogP contribution in [-0.2, 0) is 9.53 Å². The van der Waals surface area contributed by atoms with Gasteiger partial charge in [0.05, 0.1) is 23.8 Å². The fourth-order valence-corrected chi connectivity index (χ4v) is 1.62. The topological polar surface area (TPSA) is 92.6 Å². The Morgan fingerprint density at radius 1 is 1.50 bits per heavy atom. The number of aryl methyl sites for hydroxylation is 1. The zero-order valence-electron chi connectivity index (χ0n) is 12.1. The second kappa shape index (κ2) is 6.83. The lowest BCUT2D eigenvalue weighted by Crippen LogP contribution is -2.30. The molecule has 0 spiro atoms. The van der Waals surface area contributed by atoms with Gasteiger partial charge in [-0.1, -0.05) is 6.92 Å². The van der Waals surface area contributed by atoms with E-state index >= 15 is 0 Å². The van der Waals surface area contributed by atoms with E-state index in [-0.39, 0.29) is 13.2 Å². The lowest BCUT2D eigenvalue weighted by molar-refractivity contribution is -0.140. The molecule has 0 bridgehead atoms. The molecule has 0 aliphatic carbocycles. The number of carboxylic acids is 1. The molecule has 0 radical (unpaired) electrons. The summed E-state index contributed by atoms with van der Waals surface area (Å²) < 4.78 is 4.89. The summed E-state index contributed by atoms with van der Waals surface area (Å²) >= 11 is 0. The Bertz CT molecular complexity index is 504. The van der Waals surface area contributed by atoms with Crippen LogP contribution in [0.2, 0.25) is 0 Å². The molecule has 0 fully saturated rings. The van der Waals surface area contributed by atoms with Crippen molar-refractivity contribution in [1.82, 2.24) is 9.97 Å². The third-order valence-corrected chi connectivity index (χ3v) is 2.77. The Labute approximate surface area is 117 Å². The first-order valence-corrected chi connectivity index (χ1v) is 6.31. The van der Waals surface area contributed by atoms with Gasteiger partial charge in [0.1, 0.15) is 0 Å². The van der Waals surface area contributed by atoms with Crippen molar-refractivity contribution in [3.05, 3.63) is 17.5 Å². The number of rotatable bonds is 6. The number of esters is 1. The van der Waals surface area contributed by atoms with E-state index in [0.29, 0.717) is 17.2 Å². The first kappa shape index (κ1) is 15.9. The number of nitrogens with zero attached hydrogens (tertiary/aromatic N) is 3. The van der Waals surface area contributed by atoms with Crippen LogP contribution in [0.4, 0.5) is 5.95 Å². The van der Waals surface area contributed by atoms with Crippen LogP contribution in [0.15, 0.2) is 6.20 Å². The highest BCUT2D eigenvalue weighted by Gasteiger charge is 2.18. The molecular weight excluding hydrogens is 262 g/mol. The number of carbonyl (C=O) groups is 2.